The number of carbonyl (C=O) groups excluding carboxylic acids is 1. The van der Waals surface area contributed by atoms with Gasteiger partial charge in [0.15, 0.2) is 0 Å². The predicted octanol–water partition coefficient (Wildman–Crippen LogP) is 4.49. The maximum absolute atomic E-state index is 13.4. The minimum atomic E-state index is -0.265. The lowest BCUT2D eigenvalue weighted by atomic mass is 9.93. The van der Waals surface area contributed by atoms with Gasteiger partial charge in [0, 0.05) is 35.3 Å². The van der Waals surface area contributed by atoms with Gasteiger partial charge in [-0.1, -0.05) is 12.8 Å². The Morgan fingerprint density at radius 3 is 2.85 bits per heavy atom. The van der Waals surface area contributed by atoms with Gasteiger partial charge in [0.1, 0.15) is 5.82 Å². The summed E-state index contributed by atoms with van der Waals surface area (Å²) in [6, 6.07) is 4.59. The number of urea groups is 1. The van der Waals surface area contributed by atoms with Gasteiger partial charge in [0.25, 0.3) is 0 Å². The molecule has 2 amide bonds. The van der Waals surface area contributed by atoms with Crippen LogP contribution in [-0.4, -0.2) is 27.2 Å². The Morgan fingerprint density at radius 2 is 2.12 bits per heavy atom. The minimum absolute atomic E-state index is 0.0842. The van der Waals surface area contributed by atoms with Crippen LogP contribution in [0.3, 0.4) is 0 Å². The number of anilines is 1. The van der Waals surface area contributed by atoms with Crippen LogP contribution in [0.25, 0.3) is 0 Å². The quantitative estimate of drug-likeness (QED) is 0.833. The largest absolute Gasteiger partial charge is 0.322 e. The Hall–Kier alpha value is -2.37. The fourth-order valence-corrected chi connectivity index (χ4v) is 4.22. The zero-order valence-electron chi connectivity index (χ0n) is 15.3. The number of benzene rings is 1. The van der Waals surface area contributed by atoms with Crippen LogP contribution in [-0.2, 0) is 13.0 Å². The average Bonchev–Trinajstić information content (AvgIpc) is 3.26. The first-order valence-corrected chi connectivity index (χ1v) is 9.42. The van der Waals surface area contributed by atoms with Gasteiger partial charge in [-0.2, -0.15) is 5.10 Å². The van der Waals surface area contributed by atoms with Gasteiger partial charge in [0.2, 0.25) is 0 Å². The van der Waals surface area contributed by atoms with E-state index in [0.29, 0.717) is 23.7 Å². The Labute approximate surface area is 153 Å². The molecule has 2 aromatic rings. The number of fused-ring (bicyclic) bond motifs is 1. The standard InChI is InChI=1S/C20H25FN4O/c1-12-9-15(7-8-17(12)21)22-20(26)25-11-16-18(10-13(25)2)23-24-19(16)14-5-3-4-6-14/h7-9,13-14H,3-6,10-11H2,1-2H3,(H,22,26)(H,23,24)/t13-/m0/s1. The zero-order chi connectivity index (χ0) is 18.3. The van der Waals surface area contributed by atoms with E-state index in [-0.39, 0.29) is 17.9 Å². The maximum atomic E-state index is 13.4. The van der Waals surface area contributed by atoms with Crippen molar-refractivity contribution < 1.29 is 9.18 Å². The number of halogens is 1. The lowest BCUT2D eigenvalue weighted by molar-refractivity contribution is 0.181. The predicted molar refractivity (Wildman–Crippen MR) is 98.7 cm³/mol. The molecule has 26 heavy (non-hydrogen) atoms. The van der Waals surface area contributed by atoms with Crippen molar-refractivity contribution in [2.45, 2.75) is 64.5 Å². The van der Waals surface area contributed by atoms with Crippen LogP contribution in [0, 0.1) is 12.7 Å². The highest BCUT2D eigenvalue weighted by atomic mass is 19.1. The van der Waals surface area contributed by atoms with Gasteiger partial charge in [-0.05, 0) is 50.5 Å². The van der Waals surface area contributed by atoms with Crippen molar-refractivity contribution in [1.82, 2.24) is 15.1 Å². The van der Waals surface area contributed by atoms with E-state index >= 15 is 0 Å². The molecule has 1 aliphatic heterocycles. The van der Waals surface area contributed by atoms with Crippen molar-refractivity contribution in [3.63, 3.8) is 0 Å². The van der Waals surface area contributed by atoms with Crippen molar-refractivity contribution in [3.8, 4) is 0 Å². The molecule has 1 aromatic carbocycles. The number of amides is 2. The van der Waals surface area contributed by atoms with Crippen LogP contribution >= 0.6 is 0 Å². The smallest absolute Gasteiger partial charge is 0.317 e. The highest BCUT2D eigenvalue weighted by molar-refractivity contribution is 5.89. The van der Waals surface area contributed by atoms with Crippen LogP contribution in [0.2, 0.25) is 0 Å². The molecule has 0 saturated heterocycles. The summed E-state index contributed by atoms with van der Waals surface area (Å²) >= 11 is 0. The van der Waals surface area contributed by atoms with E-state index in [2.05, 4.69) is 22.4 Å². The van der Waals surface area contributed by atoms with Gasteiger partial charge in [-0.25, -0.2) is 9.18 Å². The Morgan fingerprint density at radius 1 is 1.35 bits per heavy atom. The van der Waals surface area contributed by atoms with Crippen molar-refractivity contribution in [2.75, 3.05) is 5.32 Å². The summed E-state index contributed by atoms with van der Waals surface area (Å²) in [5.41, 5.74) is 4.66. The van der Waals surface area contributed by atoms with Crippen LogP contribution < -0.4 is 5.32 Å². The topological polar surface area (TPSA) is 61.0 Å². The molecule has 0 bridgehead atoms. The van der Waals surface area contributed by atoms with Gasteiger partial charge in [-0.3, -0.25) is 5.10 Å². The number of aromatic amines is 1. The fraction of sp³-hybridized carbons (Fsp3) is 0.500. The molecule has 1 atom stereocenters. The lowest BCUT2D eigenvalue weighted by Crippen LogP contribution is -2.45. The highest BCUT2D eigenvalue weighted by Gasteiger charge is 2.33. The first-order valence-electron chi connectivity index (χ1n) is 9.42. The van der Waals surface area contributed by atoms with Gasteiger partial charge < -0.3 is 10.2 Å². The van der Waals surface area contributed by atoms with Crippen LogP contribution in [0.4, 0.5) is 14.9 Å². The fourth-order valence-electron chi connectivity index (χ4n) is 4.22. The van der Waals surface area contributed by atoms with Crippen molar-refractivity contribution in [2.24, 2.45) is 0 Å². The van der Waals surface area contributed by atoms with E-state index in [1.165, 1.54) is 43.0 Å². The lowest BCUT2D eigenvalue weighted by Gasteiger charge is -2.33. The number of hydrogen-bond acceptors (Lipinski definition) is 2. The van der Waals surface area contributed by atoms with E-state index in [1.807, 2.05) is 4.90 Å². The first kappa shape index (κ1) is 17.1. The summed E-state index contributed by atoms with van der Waals surface area (Å²) in [6.07, 6.45) is 5.68. The molecular formula is C20H25FN4O. The summed E-state index contributed by atoms with van der Waals surface area (Å²) in [5, 5.41) is 10.7. The molecule has 0 spiro atoms. The number of nitrogens with zero attached hydrogens (tertiary/aromatic N) is 2. The Kier molecular flexibility index (Phi) is 4.42. The molecule has 1 aliphatic carbocycles. The summed E-state index contributed by atoms with van der Waals surface area (Å²) in [6.45, 7) is 4.32. The summed E-state index contributed by atoms with van der Waals surface area (Å²) in [4.78, 5) is 14.7. The van der Waals surface area contributed by atoms with E-state index in [4.69, 9.17) is 0 Å². The van der Waals surface area contributed by atoms with Crippen molar-refractivity contribution >= 4 is 11.7 Å². The maximum Gasteiger partial charge on any atom is 0.322 e. The third kappa shape index (κ3) is 3.08. The van der Waals surface area contributed by atoms with Crippen LogP contribution in [0.15, 0.2) is 18.2 Å². The second-order valence-electron chi connectivity index (χ2n) is 7.62. The molecule has 138 valence electrons. The third-order valence-electron chi connectivity index (χ3n) is 5.76. The Balaban J connectivity index is 1.53. The average molecular weight is 356 g/mol. The van der Waals surface area contributed by atoms with E-state index in [0.717, 1.165) is 12.1 Å². The number of nitrogens with one attached hydrogen (secondary N) is 2. The van der Waals surface area contributed by atoms with Gasteiger partial charge in [-0.15, -0.1) is 0 Å². The van der Waals surface area contributed by atoms with Crippen molar-refractivity contribution in [1.29, 1.82) is 0 Å². The van der Waals surface area contributed by atoms with Crippen LogP contribution in [0.1, 0.15) is 61.0 Å². The molecule has 4 rings (SSSR count). The second-order valence-corrected chi connectivity index (χ2v) is 7.62. The Bertz CT molecular complexity index is 825. The molecule has 2 N–H and O–H groups in total. The highest BCUT2D eigenvalue weighted by Crippen LogP contribution is 2.37. The zero-order valence-corrected chi connectivity index (χ0v) is 15.3. The van der Waals surface area contributed by atoms with Crippen LogP contribution in [0.5, 0.6) is 0 Å². The monoisotopic (exact) mass is 356 g/mol. The van der Waals surface area contributed by atoms with Gasteiger partial charge in [0.05, 0.1) is 12.2 Å². The summed E-state index contributed by atoms with van der Waals surface area (Å²) in [7, 11) is 0. The first-order chi connectivity index (χ1) is 12.5. The molecule has 1 fully saturated rings. The number of aromatic nitrogens is 2. The van der Waals surface area contributed by atoms with Crippen molar-refractivity contribution in [3.05, 3.63) is 46.5 Å². The third-order valence-corrected chi connectivity index (χ3v) is 5.76. The summed E-state index contributed by atoms with van der Waals surface area (Å²) < 4.78 is 13.4. The number of hydrogen-bond donors (Lipinski definition) is 2. The molecule has 6 heteroatoms. The molecule has 1 aromatic heterocycles. The number of H-pyrrole nitrogens is 1. The van der Waals surface area contributed by atoms with E-state index in [1.54, 1.807) is 19.1 Å². The van der Waals surface area contributed by atoms with E-state index < -0.39 is 0 Å². The molecule has 2 heterocycles. The van der Waals surface area contributed by atoms with E-state index in [9.17, 15) is 9.18 Å². The SMILES string of the molecule is Cc1cc(NC(=O)N2Cc3c(C4CCCC4)n[nH]c3C[C@@H]2C)ccc1F. The normalized spacial score (nSPS) is 20.3. The molecule has 2 aliphatic rings. The molecular weight excluding hydrogens is 331 g/mol. The number of aryl methyl sites for hydroxylation is 1. The number of carbonyl (C=O) groups is 1. The number of rotatable bonds is 2. The minimum Gasteiger partial charge on any atom is -0.317 e. The summed E-state index contributed by atoms with van der Waals surface area (Å²) in [5.74, 6) is 0.256. The molecule has 1 saturated carbocycles. The molecule has 5 nitrogen and oxygen atoms in total. The molecule has 0 unspecified atom stereocenters. The van der Waals surface area contributed by atoms with Gasteiger partial charge >= 0.3 is 6.03 Å². The second kappa shape index (κ2) is 6.74. The molecule has 0 radical (unpaired) electrons.